The zero-order valence-corrected chi connectivity index (χ0v) is 45.9. The van der Waals surface area contributed by atoms with Crippen molar-refractivity contribution in [3.05, 3.63) is 110 Å². The monoisotopic (exact) mass is 1120 g/mol. The number of aliphatic hydroxyl groups is 1. The number of imidazole rings is 5. The molecule has 0 atom stereocenters. The molecule has 34 heteroatoms. The van der Waals surface area contributed by atoms with Gasteiger partial charge in [0.05, 0.1) is 25.3 Å². The Kier molecular flexibility index (Phi) is 19.8. The summed E-state index contributed by atoms with van der Waals surface area (Å²) in [6, 6.07) is 0. The van der Waals surface area contributed by atoms with Gasteiger partial charge in [0.1, 0.15) is 35.4 Å². The van der Waals surface area contributed by atoms with Gasteiger partial charge in [-0.2, -0.15) is 0 Å². The van der Waals surface area contributed by atoms with Gasteiger partial charge in [-0.25, -0.2) is 49.1 Å². The number of fused-ring (bicyclic) bond motifs is 5. The number of anilines is 1. The molecule has 7 aromatic rings. The largest absolute Gasteiger partial charge is 0.858 e. The first-order valence-corrected chi connectivity index (χ1v) is 23.7. The number of hydrogen-bond acceptors (Lipinski definition) is 18. The maximum absolute atomic E-state index is 12.5. The van der Waals surface area contributed by atoms with E-state index in [9.17, 15) is 53.1 Å². The summed E-state index contributed by atoms with van der Waals surface area (Å²) in [4.78, 5) is 150. The molecule has 0 radical (unpaired) electrons. The second kappa shape index (κ2) is 25.2. The molecule has 34 nitrogen and oxygen atoms in total. The molecule has 432 valence electrons. The van der Waals surface area contributed by atoms with Gasteiger partial charge in [0.15, 0.2) is 39.8 Å². The highest BCUT2D eigenvalue weighted by molar-refractivity contribution is 6.07. The zero-order valence-electron chi connectivity index (χ0n) is 45.9. The van der Waals surface area contributed by atoms with E-state index in [-0.39, 0.29) is 75.3 Å². The van der Waals surface area contributed by atoms with E-state index in [1.54, 1.807) is 51.4 Å². The number of ketones is 1. The number of rotatable bonds is 8. The van der Waals surface area contributed by atoms with Crippen molar-refractivity contribution in [1.82, 2.24) is 90.9 Å². The van der Waals surface area contributed by atoms with Crippen molar-refractivity contribution in [1.29, 1.82) is 0 Å². The van der Waals surface area contributed by atoms with Crippen LogP contribution in [0.15, 0.2) is 65.2 Å². The third-order valence-corrected chi connectivity index (χ3v) is 12.7. The number of carbonyl (C=O) groups excluding carboxylic acids is 3. The minimum Gasteiger partial charge on any atom is -0.858 e. The van der Waals surface area contributed by atoms with Gasteiger partial charge < -0.3 is 54.5 Å². The molecule has 3 aliphatic heterocycles. The van der Waals surface area contributed by atoms with Gasteiger partial charge >= 0.3 is 22.8 Å². The second-order valence-electron chi connectivity index (χ2n) is 18.9. The van der Waals surface area contributed by atoms with E-state index in [2.05, 4.69) is 44.9 Å². The van der Waals surface area contributed by atoms with Crippen LogP contribution < -0.4 is 49.4 Å². The lowest BCUT2D eigenvalue weighted by Crippen LogP contribution is -2.39. The van der Waals surface area contributed by atoms with Crippen LogP contribution >= 0.6 is 0 Å². The summed E-state index contributed by atoms with van der Waals surface area (Å²) in [6.45, 7) is 6.24. The Hall–Kier alpha value is -9.70. The van der Waals surface area contributed by atoms with E-state index >= 15 is 0 Å². The number of aryl methyl sites for hydroxylation is 5. The molecule has 10 rings (SSSR count). The summed E-state index contributed by atoms with van der Waals surface area (Å²) in [7, 11) is 14.0. The van der Waals surface area contributed by atoms with Gasteiger partial charge in [-0.05, 0) is 31.1 Å². The Morgan fingerprint density at radius 2 is 1.24 bits per heavy atom. The average Bonchev–Trinajstić information content (AvgIpc) is 4.27. The molecular formula is C46H63N20O14-. The molecule has 0 aliphatic carbocycles. The van der Waals surface area contributed by atoms with Crippen LogP contribution in [-0.2, 0) is 72.5 Å². The lowest BCUT2D eigenvalue weighted by molar-refractivity contribution is -0.279. The molecule has 80 heavy (non-hydrogen) atoms. The van der Waals surface area contributed by atoms with Crippen molar-refractivity contribution < 1.29 is 35.5 Å². The van der Waals surface area contributed by atoms with Gasteiger partial charge in [-0.3, -0.25) is 61.3 Å². The molecule has 0 unspecified atom stereocenters. The summed E-state index contributed by atoms with van der Waals surface area (Å²) in [5.41, 5.74) is -0.113. The maximum atomic E-state index is 12.5. The molecule has 8 N–H and O–H groups in total. The number of hydrogen-bond donors (Lipinski definition) is 4. The minimum atomic E-state index is -0.448. The quantitative estimate of drug-likeness (QED) is 0.111. The van der Waals surface area contributed by atoms with Gasteiger partial charge in [0.25, 0.3) is 22.6 Å². The Labute approximate surface area is 450 Å². The topological polar surface area (TPSA) is 453 Å². The van der Waals surface area contributed by atoms with Gasteiger partial charge in [-0.15, -0.1) is 0 Å². The molecule has 0 bridgehead atoms. The number of nitrogens with zero attached hydrogens (tertiary/aromatic N) is 17. The number of nitrogens with one attached hydrogen (secondary N) is 3. The fraction of sp³-hybridized carbons (Fsp3) is 0.435. The molecule has 3 aliphatic rings. The molecule has 0 saturated carbocycles. The van der Waals surface area contributed by atoms with E-state index in [1.165, 1.54) is 87.8 Å². The number of amides is 2. The molecule has 10 heterocycles. The van der Waals surface area contributed by atoms with Crippen LogP contribution in [0.1, 0.15) is 50.5 Å². The predicted octanol–water partition coefficient (Wildman–Crippen LogP) is -5.00. The summed E-state index contributed by atoms with van der Waals surface area (Å²) in [5.74, 6) is -0.0683. The van der Waals surface area contributed by atoms with Crippen LogP contribution in [0, 0.1) is 5.41 Å². The van der Waals surface area contributed by atoms with Crippen LogP contribution in [0.5, 0.6) is 5.88 Å². The maximum Gasteiger partial charge on any atom is 0.332 e. The Balaban J connectivity index is 0.000000217. The fourth-order valence-electron chi connectivity index (χ4n) is 8.10. The molecule has 0 aromatic carbocycles. The zero-order chi connectivity index (χ0) is 57.8. The Morgan fingerprint density at radius 3 is 1.77 bits per heavy atom. The highest BCUT2D eigenvalue weighted by Crippen LogP contribution is 2.28. The highest BCUT2D eigenvalue weighted by Gasteiger charge is 2.33. The number of aromatic nitrogens is 18. The van der Waals surface area contributed by atoms with Crippen molar-refractivity contribution in [2.75, 3.05) is 31.6 Å². The molecule has 0 fully saturated rings. The van der Waals surface area contributed by atoms with E-state index < -0.39 is 22.8 Å². The third kappa shape index (κ3) is 12.5. The average molecular weight is 1120 g/mol. The first-order valence-electron chi connectivity index (χ1n) is 23.7. The summed E-state index contributed by atoms with van der Waals surface area (Å²) >= 11 is 0. The SMILES string of the molecule is CC(=O)CCCN1CC(=O)N(C)c2ncn(C)c2C1=O.Cn1c(=O)c2[nH]cnc2n(C)c1=O.Cn1c(=O)c2[nH]cnc2n(C)c1=O.Cn1c([O-])c2ncnc-2n(CC(C)(C)CCO)c1=O.Cn1cnc2c1c(=O)[nH]c(=O)n2C.O.O. The number of aromatic amines is 3. The van der Waals surface area contributed by atoms with Crippen molar-refractivity contribution in [2.45, 2.75) is 46.6 Å². The molecule has 2 amide bonds. The van der Waals surface area contributed by atoms with Crippen molar-refractivity contribution in [2.24, 2.45) is 61.8 Å². The molecular weight excluding hydrogens is 1060 g/mol. The highest BCUT2D eigenvalue weighted by atomic mass is 16.3. The van der Waals surface area contributed by atoms with Crippen molar-refractivity contribution in [3.63, 3.8) is 0 Å². The van der Waals surface area contributed by atoms with Crippen LogP contribution in [-0.4, -0.2) is 151 Å². The number of likely N-dealkylation sites (N-methyl/N-ethyl adjacent to an activating group) is 1. The van der Waals surface area contributed by atoms with Crippen LogP contribution in [0.3, 0.4) is 0 Å². The van der Waals surface area contributed by atoms with E-state index in [1.807, 2.05) is 13.8 Å². The first-order chi connectivity index (χ1) is 36.6. The van der Waals surface area contributed by atoms with Gasteiger partial charge in [-0.1, -0.05) is 13.8 Å². The second-order valence-corrected chi connectivity index (χ2v) is 18.9. The smallest absolute Gasteiger partial charge is 0.332 e. The first kappa shape index (κ1) is 62.8. The number of H-pyrrole nitrogens is 3. The van der Waals surface area contributed by atoms with Crippen LogP contribution in [0.2, 0.25) is 0 Å². The molecule has 0 saturated heterocycles. The number of carbonyl (C=O) groups is 3. The summed E-state index contributed by atoms with van der Waals surface area (Å²) < 4.78 is 11.7. The normalized spacial score (nSPS) is 12.1. The fourth-order valence-corrected chi connectivity index (χ4v) is 8.10. The predicted molar refractivity (Wildman–Crippen MR) is 286 cm³/mol. The molecule has 0 spiro atoms. The van der Waals surface area contributed by atoms with Crippen LogP contribution in [0.25, 0.3) is 45.0 Å². The molecule has 7 aromatic heterocycles. The Morgan fingerprint density at radius 1 is 0.688 bits per heavy atom. The summed E-state index contributed by atoms with van der Waals surface area (Å²) in [5, 5.41) is 20.9. The van der Waals surface area contributed by atoms with E-state index in [0.29, 0.717) is 83.2 Å². The summed E-state index contributed by atoms with van der Waals surface area (Å²) in [6.07, 6.45) is 8.61. The van der Waals surface area contributed by atoms with Gasteiger partial charge in [0, 0.05) is 89.5 Å². The van der Waals surface area contributed by atoms with E-state index in [0.717, 1.165) is 13.7 Å². The van der Waals surface area contributed by atoms with Crippen LogP contribution in [0.4, 0.5) is 5.82 Å². The van der Waals surface area contributed by atoms with Crippen molar-refractivity contribution >= 4 is 56.9 Å². The Bertz CT molecular complexity index is 4030. The van der Waals surface area contributed by atoms with E-state index in [4.69, 9.17) is 5.11 Å². The standard InChI is InChI=1S/C13H18N4O3.C12H18N4O3.3C7H8N4O2.2H2O/c1-9(18)5-4-6-17-7-10(19)16(3)12-11(13(17)20)15(2)8-14-12;1-12(2,4-5-17)6-16-9-8(13-7-14-9)10(18)15(3)11(16)19;1-10-3-8-5-4(10)6(12)9-7(13)11(5)2;2*1-10-5-4(8-3-9-5)6(12)11(2)7(10)13;;/h8H,4-7H2,1-3H3;7,17-18H,4-6H2,1-3H3;3H,1-2H3,(H,9,12,13);2*3H,1-2H3,(H,8,9);2*1H2/p-1. The number of aliphatic hydroxyl groups excluding tert-OH is 1. The lowest BCUT2D eigenvalue weighted by atomic mass is 9.89. The minimum absolute atomic E-state index is 0. The van der Waals surface area contributed by atoms with Crippen molar-refractivity contribution in [3.8, 4) is 17.4 Å². The third-order valence-electron chi connectivity index (χ3n) is 12.7. The number of Topliss-reactive ketones (excluding diaryl/α,β-unsaturated/α-hetero) is 1. The lowest BCUT2D eigenvalue weighted by Gasteiger charge is -2.27. The van der Waals surface area contributed by atoms with Gasteiger partial charge in [0.2, 0.25) is 5.91 Å².